The minimum Gasteiger partial charge on any atom is -0.481 e. The van der Waals surface area contributed by atoms with Crippen molar-refractivity contribution < 1.29 is 18.7 Å². The van der Waals surface area contributed by atoms with Crippen LogP contribution in [0.4, 0.5) is 8.78 Å². The van der Waals surface area contributed by atoms with E-state index in [1.165, 1.54) is 62.5 Å². The number of halogens is 2. The Morgan fingerprint density at radius 1 is 0.623 bits per heavy atom. The number of aliphatic carboxylic acids is 1. The quantitative estimate of drug-likeness (QED) is 0.105. The zero-order valence-electron chi connectivity index (χ0n) is 43.0. The summed E-state index contributed by atoms with van der Waals surface area (Å²) in [7, 11) is 0. The van der Waals surface area contributed by atoms with Crippen molar-refractivity contribution in [2.75, 3.05) is 26.2 Å². The molecule has 9 rings (SSSR count). The van der Waals surface area contributed by atoms with Gasteiger partial charge in [-0.3, -0.25) is 14.6 Å². The second-order valence-electron chi connectivity index (χ2n) is 22.5. The molecule has 1 saturated carbocycles. The minimum absolute atomic E-state index is 0.0488. The maximum Gasteiger partial charge on any atom is 0.306 e. The third kappa shape index (κ3) is 12.2. The molecule has 5 N–H and O–H groups in total. The van der Waals surface area contributed by atoms with Crippen LogP contribution < -0.4 is 11.5 Å². The van der Waals surface area contributed by atoms with Gasteiger partial charge in [-0.1, -0.05) is 102 Å². The van der Waals surface area contributed by atoms with Crippen LogP contribution in [0.15, 0.2) is 60.7 Å². The molecule has 4 aromatic rings. The number of rotatable bonds is 15. The van der Waals surface area contributed by atoms with Crippen molar-refractivity contribution in [3.8, 4) is 0 Å². The number of carbonyl (C=O) groups is 1. The molecule has 69 heavy (non-hydrogen) atoms. The van der Waals surface area contributed by atoms with Crippen molar-refractivity contribution >= 4 is 5.97 Å². The van der Waals surface area contributed by atoms with Crippen LogP contribution in [-0.4, -0.2) is 107 Å². The summed E-state index contributed by atoms with van der Waals surface area (Å²) in [5.74, 6) is 1.19. The fourth-order valence-corrected chi connectivity index (χ4v) is 12.6. The number of carboxylic acids is 1. The zero-order valence-corrected chi connectivity index (χ0v) is 43.0. The molecule has 0 amide bonds. The number of hydrogen-bond donors (Lipinski definition) is 3. The summed E-state index contributed by atoms with van der Waals surface area (Å²) in [6.07, 6.45) is 12.1. The van der Waals surface area contributed by atoms with E-state index in [1.807, 2.05) is 0 Å². The number of benzene rings is 2. The van der Waals surface area contributed by atoms with Crippen molar-refractivity contribution in [3.63, 3.8) is 0 Å². The molecule has 0 radical (unpaired) electrons. The van der Waals surface area contributed by atoms with Gasteiger partial charge in [0, 0.05) is 84.8 Å². The first kappa shape index (κ1) is 52.7. The van der Waals surface area contributed by atoms with E-state index in [2.05, 4.69) is 155 Å². The number of nitrogens with zero attached hydrogens (tertiary/aromatic N) is 8. The molecule has 4 aliphatic heterocycles. The van der Waals surface area contributed by atoms with Crippen molar-refractivity contribution in [1.29, 1.82) is 0 Å². The lowest BCUT2D eigenvalue weighted by atomic mass is 9.79. The highest BCUT2D eigenvalue weighted by atomic mass is 19.3. The molecule has 1 aliphatic carbocycles. The third-order valence-electron chi connectivity index (χ3n) is 17.0. The number of carboxylic acid groups (broad SMARTS) is 1. The molecule has 6 heterocycles. The lowest BCUT2D eigenvalue weighted by molar-refractivity contribution is -0.145. The van der Waals surface area contributed by atoms with Gasteiger partial charge in [0.05, 0.1) is 5.92 Å². The summed E-state index contributed by atoms with van der Waals surface area (Å²) in [5, 5.41) is 26.2. The highest BCUT2D eigenvalue weighted by molar-refractivity contribution is 5.70. The summed E-state index contributed by atoms with van der Waals surface area (Å²) >= 11 is 0. The van der Waals surface area contributed by atoms with Crippen LogP contribution in [-0.2, 0) is 15.6 Å². The fourth-order valence-electron chi connectivity index (χ4n) is 12.6. The lowest BCUT2D eigenvalue weighted by Crippen LogP contribution is -2.46. The first-order valence-corrected chi connectivity index (χ1v) is 26.3. The summed E-state index contributed by atoms with van der Waals surface area (Å²) < 4.78 is 29.8. The molecule has 5 fully saturated rings. The van der Waals surface area contributed by atoms with E-state index < -0.39 is 17.8 Å². The number of hydrogen-bond acceptors (Lipinski definition) is 9. The van der Waals surface area contributed by atoms with E-state index in [9.17, 15) is 13.6 Å². The smallest absolute Gasteiger partial charge is 0.306 e. The van der Waals surface area contributed by atoms with Gasteiger partial charge >= 0.3 is 5.97 Å². The summed E-state index contributed by atoms with van der Waals surface area (Å²) in [5.41, 5.74) is 15.3. The van der Waals surface area contributed by atoms with Crippen LogP contribution in [0.3, 0.4) is 0 Å². The van der Waals surface area contributed by atoms with Crippen LogP contribution in [0.5, 0.6) is 0 Å². The normalized spacial score (nSPS) is 26.5. The number of nitrogens with two attached hydrogens (primary N) is 2. The number of aryl methyl sites for hydroxylation is 2. The Morgan fingerprint density at radius 3 is 1.28 bits per heavy atom. The second kappa shape index (κ2) is 22.5. The highest BCUT2D eigenvalue weighted by Gasteiger charge is 2.45. The van der Waals surface area contributed by atoms with Crippen LogP contribution >= 0.6 is 0 Å². The predicted octanol–water partition coefficient (Wildman–Crippen LogP) is 10.3. The first-order chi connectivity index (χ1) is 32.9. The second-order valence-corrected chi connectivity index (χ2v) is 22.5. The first-order valence-electron chi connectivity index (χ1n) is 26.3. The number of piperidine rings is 2. The SMILES string of the molecule is Cc1nnc(C(C)C)n1C1C[C@H]2CC[C@@H](C1)N2CCC(C)(CN)c1ccccc1.Cc1nnc(C(C)C)n1C1C[C@H]2CC[C@@H](C1)N2CCC(C)(CN)c1ccccc1.O=C(O)C1CCC(F)(F)CC1. The molecule has 4 unspecified atom stereocenters. The molecule has 2 aromatic heterocycles. The molecule has 12 nitrogen and oxygen atoms in total. The summed E-state index contributed by atoms with van der Waals surface area (Å²) in [6, 6.07) is 25.4. The van der Waals surface area contributed by atoms with Crippen molar-refractivity contribution in [2.45, 2.75) is 210 Å². The van der Waals surface area contributed by atoms with Gasteiger partial charge in [0.15, 0.2) is 0 Å². The lowest BCUT2D eigenvalue weighted by Gasteiger charge is -2.42. The molecular formula is C55H84F2N10O2. The van der Waals surface area contributed by atoms with Crippen LogP contribution in [0.1, 0.15) is 190 Å². The van der Waals surface area contributed by atoms with Crippen molar-refractivity contribution in [2.24, 2.45) is 17.4 Å². The molecule has 8 atom stereocenters. The highest BCUT2D eigenvalue weighted by Crippen LogP contribution is 2.45. The Bertz CT molecular complexity index is 2080. The van der Waals surface area contributed by atoms with Crippen molar-refractivity contribution in [1.82, 2.24) is 39.3 Å². The van der Waals surface area contributed by atoms with E-state index in [1.54, 1.807) is 0 Å². The minimum atomic E-state index is -2.62. The molecule has 4 saturated heterocycles. The monoisotopic (exact) mass is 955 g/mol. The molecule has 14 heteroatoms. The average molecular weight is 955 g/mol. The van der Waals surface area contributed by atoms with Gasteiger partial charge in [0.2, 0.25) is 5.92 Å². The van der Waals surface area contributed by atoms with Crippen LogP contribution in [0.25, 0.3) is 0 Å². The van der Waals surface area contributed by atoms with Gasteiger partial charge in [0.1, 0.15) is 23.3 Å². The maximum absolute atomic E-state index is 12.4. The molecule has 5 aliphatic rings. The number of fused-ring (bicyclic) bond motifs is 4. The number of alkyl halides is 2. The molecule has 2 aromatic carbocycles. The third-order valence-corrected chi connectivity index (χ3v) is 17.0. The number of aromatic nitrogens is 6. The van der Waals surface area contributed by atoms with Gasteiger partial charge in [-0.25, -0.2) is 8.78 Å². The van der Waals surface area contributed by atoms with E-state index in [0.29, 0.717) is 61.2 Å². The van der Waals surface area contributed by atoms with E-state index in [4.69, 9.17) is 16.6 Å². The van der Waals surface area contributed by atoms with Gasteiger partial charge in [0.25, 0.3) is 0 Å². The Labute approximate surface area is 411 Å². The topological polar surface area (TPSA) is 157 Å². The van der Waals surface area contributed by atoms with E-state index >= 15 is 0 Å². The Balaban J connectivity index is 0.000000168. The van der Waals surface area contributed by atoms with Crippen molar-refractivity contribution in [3.05, 3.63) is 95.1 Å². The van der Waals surface area contributed by atoms with Gasteiger partial charge in [-0.2, -0.15) is 0 Å². The Hall–Kier alpha value is -4.11. The molecule has 0 spiro atoms. The average Bonchev–Trinajstić information content (AvgIpc) is 4.06. The van der Waals surface area contributed by atoms with E-state index in [0.717, 1.165) is 49.2 Å². The van der Waals surface area contributed by atoms with E-state index in [-0.39, 0.29) is 36.5 Å². The molecule has 380 valence electrons. The van der Waals surface area contributed by atoms with Gasteiger partial charge in [-0.15, -0.1) is 20.4 Å². The standard InChI is InChI=1S/2C24H37N5.C7H10F2O2/c2*1-17(2)23-27-26-18(3)29(23)22-14-20-10-11-21(15-22)28(20)13-12-24(4,16-25)19-8-6-5-7-9-19;8-7(9)3-1-5(2-4-7)6(10)11/h2*5-9,17,20-22H,10-16,25H2,1-4H3;5H,1-4H2,(H,10,11)/t2*20-,21+,22?,24?;. The van der Waals surface area contributed by atoms with Gasteiger partial charge < -0.3 is 25.7 Å². The van der Waals surface area contributed by atoms with Crippen LogP contribution in [0, 0.1) is 19.8 Å². The van der Waals surface area contributed by atoms with Crippen LogP contribution in [0.2, 0.25) is 0 Å². The Kier molecular flexibility index (Phi) is 17.2. The fraction of sp³-hybridized carbons (Fsp3) is 0.691. The summed E-state index contributed by atoms with van der Waals surface area (Å²) in [6.45, 7) is 21.4. The molecule has 4 bridgehead atoms. The Morgan fingerprint density at radius 2 is 0.971 bits per heavy atom. The maximum atomic E-state index is 12.4. The largest absolute Gasteiger partial charge is 0.481 e. The summed E-state index contributed by atoms with van der Waals surface area (Å²) in [4.78, 5) is 15.9. The molecular weight excluding hydrogens is 871 g/mol. The predicted molar refractivity (Wildman–Crippen MR) is 271 cm³/mol. The zero-order chi connectivity index (χ0) is 49.7. The van der Waals surface area contributed by atoms with Gasteiger partial charge in [-0.05, 0) is 115 Å².